The van der Waals surface area contributed by atoms with Gasteiger partial charge in [-0.3, -0.25) is 4.31 Å². The maximum absolute atomic E-state index is 13.4. The van der Waals surface area contributed by atoms with Crippen LogP contribution in [-0.4, -0.2) is 32.4 Å². The molecule has 0 amide bonds. The summed E-state index contributed by atoms with van der Waals surface area (Å²) in [7, 11) is -2.40. The van der Waals surface area contributed by atoms with Crippen molar-refractivity contribution in [1.29, 1.82) is 0 Å². The van der Waals surface area contributed by atoms with E-state index in [1.165, 1.54) is 28.8 Å². The molecule has 3 heterocycles. The average Bonchev–Trinajstić information content (AvgIpc) is 3.52. The molecule has 0 spiro atoms. The molecule has 10 heteroatoms. The van der Waals surface area contributed by atoms with Gasteiger partial charge in [-0.05, 0) is 36.6 Å². The van der Waals surface area contributed by atoms with Crippen molar-refractivity contribution in [1.82, 2.24) is 10.1 Å². The van der Waals surface area contributed by atoms with E-state index in [0.29, 0.717) is 27.9 Å². The molecule has 0 bridgehead atoms. The predicted molar refractivity (Wildman–Crippen MR) is 116 cm³/mol. The number of benzene rings is 2. The van der Waals surface area contributed by atoms with Gasteiger partial charge in [-0.25, -0.2) is 8.42 Å². The first-order valence-electron chi connectivity index (χ1n) is 9.31. The molecular formula is C21H17N3O5S2. The lowest BCUT2D eigenvalue weighted by atomic mass is 10.1. The van der Waals surface area contributed by atoms with E-state index in [1.54, 1.807) is 23.6 Å². The van der Waals surface area contributed by atoms with Gasteiger partial charge in [0, 0.05) is 18.7 Å². The zero-order valence-electron chi connectivity index (χ0n) is 16.6. The number of aryl methyl sites for hydroxylation is 1. The van der Waals surface area contributed by atoms with E-state index in [0.717, 1.165) is 11.1 Å². The molecule has 0 radical (unpaired) electrons. The highest BCUT2D eigenvalue weighted by Crippen LogP contribution is 2.39. The van der Waals surface area contributed by atoms with Crippen molar-refractivity contribution < 1.29 is 22.4 Å². The summed E-state index contributed by atoms with van der Waals surface area (Å²) in [6, 6.07) is 14.2. The minimum absolute atomic E-state index is 0.0945. The van der Waals surface area contributed by atoms with Gasteiger partial charge in [0.2, 0.25) is 12.6 Å². The molecule has 8 nitrogen and oxygen atoms in total. The molecule has 1 aliphatic heterocycles. The molecule has 0 unspecified atom stereocenters. The molecule has 158 valence electrons. The van der Waals surface area contributed by atoms with Gasteiger partial charge in [-0.1, -0.05) is 28.9 Å². The summed E-state index contributed by atoms with van der Waals surface area (Å²) >= 11 is 1.23. The van der Waals surface area contributed by atoms with Crippen molar-refractivity contribution in [2.24, 2.45) is 0 Å². The van der Waals surface area contributed by atoms with Crippen LogP contribution in [0.5, 0.6) is 11.5 Å². The number of sulfonamides is 1. The number of hydrogen-bond donors (Lipinski definition) is 0. The Hall–Kier alpha value is -3.37. The SMILES string of the molecule is Cc1cccc(-c2noc(-c3sccc3S(=O)(=O)N(C)c3ccc4c(c3)OCO4)n2)c1. The van der Waals surface area contributed by atoms with Crippen LogP contribution in [0.15, 0.2) is 63.3 Å². The van der Waals surface area contributed by atoms with E-state index in [1.807, 2.05) is 31.2 Å². The van der Waals surface area contributed by atoms with Crippen LogP contribution in [0.2, 0.25) is 0 Å². The first kappa shape index (κ1) is 19.6. The molecule has 31 heavy (non-hydrogen) atoms. The van der Waals surface area contributed by atoms with E-state index in [-0.39, 0.29) is 17.6 Å². The Morgan fingerprint density at radius 2 is 1.90 bits per heavy atom. The molecule has 2 aromatic carbocycles. The summed E-state index contributed by atoms with van der Waals surface area (Å²) in [5, 5.41) is 5.72. The molecule has 0 saturated carbocycles. The van der Waals surface area contributed by atoms with Crippen molar-refractivity contribution in [2.45, 2.75) is 11.8 Å². The summed E-state index contributed by atoms with van der Waals surface area (Å²) in [6.07, 6.45) is 0. The second-order valence-corrected chi connectivity index (χ2v) is 9.77. The summed E-state index contributed by atoms with van der Waals surface area (Å²) in [6.45, 7) is 2.09. The molecule has 2 aromatic heterocycles. The molecular weight excluding hydrogens is 438 g/mol. The quantitative estimate of drug-likeness (QED) is 0.442. The third-order valence-electron chi connectivity index (χ3n) is 4.88. The number of anilines is 1. The van der Waals surface area contributed by atoms with Crippen LogP contribution in [0.1, 0.15) is 5.56 Å². The minimum Gasteiger partial charge on any atom is -0.454 e. The third-order valence-corrected chi connectivity index (χ3v) is 7.74. The maximum atomic E-state index is 13.4. The van der Waals surface area contributed by atoms with Crippen LogP contribution in [0.25, 0.3) is 22.2 Å². The fourth-order valence-electron chi connectivity index (χ4n) is 3.24. The number of hydrogen-bond acceptors (Lipinski definition) is 8. The zero-order valence-corrected chi connectivity index (χ0v) is 18.2. The summed E-state index contributed by atoms with van der Waals surface area (Å²) < 4.78 is 44.0. The Morgan fingerprint density at radius 3 is 2.74 bits per heavy atom. The lowest BCUT2D eigenvalue weighted by Gasteiger charge is -2.19. The van der Waals surface area contributed by atoms with Crippen molar-refractivity contribution in [3.8, 4) is 33.7 Å². The van der Waals surface area contributed by atoms with Gasteiger partial charge in [-0.15, -0.1) is 11.3 Å². The number of aromatic nitrogens is 2. The van der Waals surface area contributed by atoms with Gasteiger partial charge in [0.05, 0.1) is 5.69 Å². The van der Waals surface area contributed by atoms with Crippen LogP contribution < -0.4 is 13.8 Å². The molecule has 0 N–H and O–H groups in total. The highest BCUT2D eigenvalue weighted by Gasteiger charge is 2.29. The smallest absolute Gasteiger partial charge is 0.269 e. The molecule has 1 aliphatic rings. The van der Waals surface area contributed by atoms with Gasteiger partial charge in [0.1, 0.15) is 9.77 Å². The Labute approximate surface area is 182 Å². The van der Waals surface area contributed by atoms with Gasteiger partial charge < -0.3 is 14.0 Å². The topological polar surface area (TPSA) is 94.8 Å². The second-order valence-electron chi connectivity index (χ2n) is 6.92. The lowest BCUT2D eigenvalue weighted by Crippen LogP contribution is -2.26. The fourth-order valence-corrected chi connectivity index (χ4v) is 5.74. The number of fused-ring (bicyclic) bond motifs is 1. The van der Waals surface area contributed by atoms with E-state index in [2.05, 4.69) is 10.1 Å². The molecule has 0 saturated heterocycles. The Balaban J connectivity index is 1.50. The van der Waals surface area contributed by atoms with Crippen molar-refractivity contribution in [2.75, 3.05) is 18.1 Å². The van der Waals surface area contributed by atoms with E-state index in [9.17, 15) is 8.42 Å². The van der Waals surface area contributed by atoms with Crippen molar-refractivity contribution in [3.05, 3.63) is 59.5 Å². The number of ether oxygens (including phenoxy) is 2. The maximum Gasteiger partial charge on any atom is 0.269 e. The largest absolute Gasteiger partial charge is 0.454 e. The van der Waals surface area contributed by atoms with Gasteiger partial charge in [-0.2, -0.15) is 4.98 Å². The lowest BCUT2D eigenvalue weighted by molar-refractivity contribution is 0.174. The predicted octanol–water partition coefficient (Wildman–Crippen LogP) is 4.33. The summed E-state index contributed by atoms with van der Waals surface area (Å²) in [5.74, 6) is 1.65. The Morgan fingerprint density at radius 1 is 1.06 bits per heavy atom. The van der Waals surface area contributed by atoms with Crippen LogP contribution in [0.4, 0.5) is 5.69 Å². The molecule has 5 rings (SSSR count). The van der Waals surface area contributed by atoms with Crippen molar-refractivity contribution in [3.63, 3.8) is 0 Å². The highest BCUT2D eigenvalue weighted by molar-refractivity contribution is 7.93. The average molecular weight is 456 g/mol. The van der Waals surface area contributed by atoms with Crippen LogP contribution in [0.3, 0.4) is 0 Å². The zero-order chi connectivity index (χ0) is 21.6. The monoisotopic (exact) mass is 455 g/mol. The molecule has 4 aromatic rings. The number of rotatable bonds is 5. The van der Waals surface area contributed by atoms with Crippen molar-refractivity contribution >= 4 is 27.0 Å². The molecule has 0 fully saturated rings. The number of nitrogens with zero attached hydrogens (tertiary/aromatic N) is 3. The fraction of sp³-hybridized carbons (Fsp3) is 0.143. The Kier molecular flexibility index (Phi) is 4.67. The van der Waals surface area contributed by atoms with Gasteiger partial charge in [0.15, 0.2) is 11.5 Å². The summed E-state index contributed by atoms with van der Waals surface area (Å²) in [5.41, 5.74) is 2.31. The van der Waals surface area contributed by atoms with Gasteiger partial charge in [0.25, 0.3) is 15.9 Å². The van der Waals surface area contributed by atoms with E-state index >= 15 is 0 Å². The van der Waals surface area contributed by atoms with Crippen LogP contribution in [0, 0.1) is 6.92 Å². The normalized spacial score (nSPS) is 12.8. The highest BCUT2D eigenvalue weighted by atomic mass is 32.2. The standard InChI is InChI=1S/C21H17N3O5S2/c1-13-4-3-5-14(10-13)20-22-21(29-23-20)19-18(8-9-30-19)31(25,26)24(2)15-6-7-16-17(11-15)28-12-27-16/h3-11H,12H2,1-2H3. The Bertz CT molecular complexity index is 1380. The molecule has 0 aliphatic carbocycles. The number of thiophene rings is 1. The minimum atomic E-state index is -3.89. The van der Waals surface area contributed by atoms with E-state index in [4.69, 9.17) is 14.0 Å². The van der Waals surface area contributed by atoms with Crippen LogP contribution in [-0.2, 0) is 10.0 Å². The van der Waals surface area contributed by atoms with Crippen LogP contribution >= 0.6 is 11.3 Å². The molecule has 0 atom stereocenters. The first-order valence-corrected chi connectivity index (χ1v) is 11.6. The summed E-state index contributed by atoms with van der Waals surface area (Å²) in [4.78, 5) is 4.91. The first-order chi connectivity index (χ1) is 14.9. The second kappa shape index (κ2) is 7.40. The van der Waals surface area contributed by atoms with Gasteiger partial charge >= 0.3 is 0 Å². The third kappa shape index (κ3) is 3.43. The van der Waals surface area contributed by atoms with E-state index < -0.39 is 10.0 Å².